The second kappa shape index (κ2) is 57.4. The van der Waals surface area contributed by atoms with Gasteiger partial charge in [-0.05, 0) is 0 Å². The van der Waals surface area contributed by atoms with Crippen LogP contribution in [0.2, 0.25) is 0 Å². The van der Waals surface area contributed by atoms with Crippen LogP contribution in [0.3, 0.4) is 0 Å². The standard InChI is InChI=1S/C6H6N2.C5H9.2CH3.9W.Y/c1-5-3-7-4-8-6(5)2;1-2-4-5-3-1;;;;;;;;;;;;/h1-2H3;1H,2-5H2;2*1H3;;;;;;;;;;/q-2;3*-1;;;;;;;;;;. The summed E-state index contributed by atoms with van der Waals surface area (Å²) in [6.07, 6.45) is 13.2. The van der Waals surface area contributed by atoms with Crippen molar-refractivity contribution in [2.24, 2.45) is 0 Å². The number of aryl methyl sites for hydroxylation is 2. The van der Waals surface area contributed by atoms with E-state index in [9.17, 15) is 0 Å². The fraction of sp³-hybridized carbons (Fsp3) is 0.462. The van der Waals surface area contributed by atoms with Gasteiger partial charge in [0.15, 0.2) is 0 Å². The molecule has 0 atom stereocenters. The summed E-state index contributed by atoms with van der Waals surface area (Å²) in [4.78, 5) is 7.40. The molecule has 0 amide bonds. The van der Waals surface area contributed by atoms with Gasteiger partial charge in [-0.15, -0.1) is 6.92 Å². The molecule has 1 aromatic rings. The van der Waals surface area contributed by atoms with Gasteiger partial charge in [-0.1, -0.05) is 19.8 Å². The van der Waals surface area contributed by atoms with Crippen molar-refractivity contribution in [3.8, 4) is 0 Å². The van der Waals surface area contributed by atoms with Crippen molar-refractivity contribution >= 4 is 0 Å². The van der Waals surface area contributed by atoms with Gasteiger partial charge in [0.2, 0.25) is 0 Å². The first-order valence-electron chi connectivity index (χ1n) is 4.71. The molecule has 1 fully saturated rings. The van der Waals surface area contributed by atoms with Crippen LogP contribution >= 0.6 is 0 Å². The zero-order valence-electron chi connectivity index (χ0n) is 14.6. The van der Waals surface area contributed by atoms with Gasteiger partial charge in [-0.3, -0.25) is 6.20 Å². The summed E-state index contributed by atoms with van der Waals surface area (Å²) >= 11 is 0. The molecule has 25 heavy (non-hydrogen) atoms. The first kappa shape index (κ1) is 77.1. The molecule has 2 nitrogen and oxygen atoms in total. The van der Waals surface area contributed by atoms with Crippen LogP contribution in [-0.2, 0) is 222 Å². The van der Waals surface area contributed by atoms with Crippen molar-refractivity contribution in [2.75, 3.05) is 0 Å². The topological polar surface area (TPSA) is 25.8 Å². The summed E-state index contributed by atoms with van der Waals surface area (Å²) in [5.41, 5.74) is 1.93. The van der Waals surface area contributed by atoms with E-state index in [4.69, 9.17) is 0 Å². The Morgan fingerprint density at radius 2 is 1.12 bits per heavy atom. The molecule has 0 unspecified atom stereocenters. The van der Waals surface area contributed by atoms with Crippen LogP contribution in [0, 0.1) is 47.6 Å². The normalized spacial score (nSPS) is 7.76. The summed E-state index contributed by atoms with van der Waals surface area (Å²) in [5, 5.41) is 0. The Balaban J connectivity index is -0.00000000937. The number of aromatic nitrogens is 2. The van der Waals surface area contributed by atoms with Gasteiger partial charge in [0, 0.05) is 222 Å². The second-order valence-electron chi connectivity index (χ2n) is 3.22. The van der Waals surface area contributed by atoms with Crippen LogP contribution in [0.5, 0.6) is 0 Å². The third-order valence-corrected chi connectivity index (χ3v) is 2.10. The van der Waals surface area contributed by atoms with Gasteiger partial charge < -0.3 is 31.2 Å². The Hall–Kier alpha value is 6.38. The van der Waals surface area contributed by atoms with Gasteiger partial charge in [-0.2, -0.15) is 24.9 Å². The van der Waals surface area contributed by atoms with Crippen molar-refractivity contribution in [1.82, 2.24) is 9.97 Å². The van der Waals surface area contributed by atoms with E-state index < -0.39 is 0 Å². The first-order valence-corrected chi connectivity index (χ1v) is 4.71. The first-order chi connectivity index (χ1) is 6.30. The average molecular weight is 1950 g/mol. The fourth-order valence-corrected chi connectivity index (χ4v) is 1.10. The van der Waals surface area contributed by atoms with Gasteiger partial charge in [-0.25, -0.2) is 5.56 Å². The van der Waals surface area contributed by atoms with Crippen LogP contribution in [0.15, 0.2) is 0 Å². The van der Waals surface area contributed by atoms with E-state index in [1.54, 1.807) is 0 Å². The average Bonchev–Trinajstić information content (AvgIpc) is 2.68. The molecule has 1 heterocycles. The second-order valence-corrected chi connectivity index (χ2v) is 3.22. The molecule has 1 aliphatic rings. The molecule has 1 aromatic heterocycles. The van der Waals surface area contributed by atoms with E-state index in [0.717, 1.165) is 11.3 Å². The molecule has 0 aromatic carbocycles. The molecule has 12 heteroatoms. The summed E-state index contributed by atoms with van der Waals surface area (Å²) in [7, 11) is 0. The van der Waals surface area contributed by atoms with Crippen molar-refractivity contribution in [3.05, 3.63) is 45.1 Å². The van der Waals surface area contributed by atoms with Crippen LogP contribution in [0.1, 0.15) is 36.9 Å². The fourth-order valence-electron chi connectivity index (χ4n) is 1.10. The zero-order chi connectivity index (χ0) is 9.52. The van der Waals surface area contributed by atoms with E-state index in [-0.39, 0.29) is 237 Å². The molecule has 1 radical (unpaired) electrons. The largest absolute Gasteiger partial charge is 0.524 e. The minimum absolute atomic E-state index is 0. The van der Waals surface area contributed by atoms with Gasteiger partial charge in [0.25, 0.3) is 0 Å². The molecule has 1 aliphatic carbocycles. The van der Waals surface area contributed by atoms with Crippen LogP contribution < -0.4 is 0 Å². The molecule has 0 saturated heterocycles. The molecule has 1 saturated carbocycles. The smallest absolute Gasteiger partial charge is 0 e. The maximum atomic E-state index is 3.81. The Bertz CT molecular complexity index is 242. The summed E-state index contributed by atoms with van der Waals surface area (Å²) in [5.74, 6) is 0. The van der Waals surface area contributed by atoms with Gasteiger partial charge >= 0.3 is 0 Å². The molecule has 0 aliphatic heterocycles. The van der Waals surface area contributed by atoms with Crippen molar-refractivity contribution in [1.29, 1.82) is 0 Å². The SMILES string of the molecule is Cc1[c-]n[c-]nc1C.[CH-]1CCCC1.[CH3-].[CH3-].[W].[W].[W].[W].[W].[W].[W].[W].[W].[Y]. The third kappa shape index (κ3) is 48.9. The van der Waals surface area contributed by atoms with E-state index >= 15 is 0 Å². The zero-order valence-corrected chi connectivity index (χ0v) is 43.8. The molecule has 2 rings (SSSR count). The monoisotopic (exact) mass is 1950 g/mol. The molecular formula is C13H21N2W9Y-5. The van der Waals surface area contributed by atoms with Crippen LogP contribution in [0.4, 0.5) is 0 Å². The van der Waals surface area contributed by atoms with Gasteiger partial charge in [0.05, 0.1) is 0 Å². The summed E-state index contributed by atoms with van der Waals surface area (Å²) in [6.45, 7) is 3.83. The maximum Gasteiger partial charge on any atom is 0 e. The quantitative estimate of drug-likeness (QED) is 0.374. The van der Waals surface area contributed by atoms with Crippen LogP contribution in [-0.4, -0.2) is 9.97 Å². The summed E-state index contributed by atoms with van der Waals surface area (Å²) in [6, 6.07) is 0. The predicted octanol–water partition coefficient (Wildman–Crippen LogP) is 3.33. The number of nitrogens with zero attached hydrogens (tertiary/aromatic N) is 2. The van der Waals surface area contributed by atoms with E-state index in [1.807, 2.05) is 13.8 Å². The van der Waals surface area contributed by atoms with Crippen LogP contribution in [0.25, 0.3) is 0 Å². The van der Waals surface area contributed by atoms with Crippen molar-refractivity contribution < 1.29 is 222 Å². The number of hydrogen-bond donors (Lipinski definition) is 0. The number of rotatable bonds is 0. The van der Waals surface area contributed by atoms with Crippen molar-refractivity contribution in [2.45, 2.75) is 39.5 Å². The molecular weight excluding hydrogens is 1930 g/mol. The van der Waals surface area contributed by atoms with E-state index in [0.29, 0.717) is 0 Å². The Kier molecular flexibility index (Phi) is 177. The van der Waals surface area contributed by atoms with E-state index in [1.165, 1.54) is 25.7 Å². The number of hydrogen-bond acceptors (Lipinski definition) is 2. The van der Waals surface area contributed by atoms with Crippen molar-refractivity contribution in [3.63, 3.8) is 0 Å². The Labute approximate surface area is 310 Å². The third-order valence-electron chi connectivity index (χ3n) is 2.10. The molecule has 0 N–H and O–H groups in total. The maximum absolute atomic E-state index is 3.81. The molecule has 0 spiro atoms. The van der Waals surface area contributed by atoms with Gasteiger partial charge in [0.1, 0.15) is 0 Å². The Morgan fingerprint density at radius 3 is 1.28 bits per heavy atom. The minimum atomic E-state index is 0. The molecule has 145 valence electrons. The Morgan fingerprint density at radius 1 is 0.760 bits per heavy atom. The minimum Gasteiger partial charge on any atom is -0.524 e. The van der Waals surface area contributed by atoms with E-state index in [2.05, 4.69) is 28.9 Å². The summed E-state index contributed by atoms with van der Waals surface area (Å²) < 4.78 is 0. The molecule has 0 bridgehead atoms. The predicted molar refractivity (Wildman–Crippen MR) is 64.8 cm³/mol.